The van der Waals surface area contributed by atoms with E-state index in [0.717, 1.165) is 10.8 Å². The van der Waals surface area contributed by atoms with E-state index in [4.69, 9.17) is 10.5 Å². The van der Waals surface area contributed by atoms with Crippen molar-refractivity contribution in [2.24, 2.45) is 0 Å². The molecule has 0 aromatic carbocycles. The normalized spacial score (nSPS) is 44.1. The average molecular weight is 275 g/mol. The monoisotopic (exact) mass is 275 g/mol. The summed E-state index contributed by atoms with van der Waals surface area (Å²) < 4.78 is 32.8. The van der Waals surface area contributed by atoms with Crippen LogP contribution in [0.1, 0.15) is 6.23 Å². The second kappa shape index (κ2) is 3.50. The number of ether oxygens (including phenoxy) is 1. The maximum Gasteiger partial charge on any atom is 0.351 e. The van der Waals surface area contributed by atoms with Gasteiger partial charge in [-0.15, -0.1) is 0 Å². The zero-order valence-corrected chi connectivity index (χ0v) is 9.53. The molecular formula is C10H11F2N3O4. The van der Waals surface area contributed by atoms with Gasteiger partial charge in [-0.05, 0) is 6.07 Å². The number of halogens is 2. The summed E-state index contributed by atoms with van der Waals surface area (Å²) in [5.74, 6) is -0.0567. The van der Waals surface area contributed by atoms with Gasteiger partial charge in [0, 0.05) is 6.20 Å². The standard InChI is InChI=1S/C10H11F2N3O4/c11-3-9-7(16)10(9,18)5(12)6(19-9)15-2-1-4(13)14-8(15)17/h1-2,5-7,16,18H,3H2,(H2,13,14,17)/t5-,6+,7?,9+,10+/m0/s1. The van der Waals surface area contributed by atoms with Crippen LogP contribution < -0.4 is 11.4 Å². The van der Waals surface area contributed by atoms with Crippen LogP contribution in [0.5, 0.6) is 0 Å². The number of nitrogens with zero attached hydrogens (tertiary/aromatic N) is 2. The highest BCUT2D eigenvalue weighted by molar-refractivity contribution is 5.35. The van der Waals surface area contributed by atoms with Crippen LogP contribution in [0, 0.1) is 0 Å². The van der Waals surface area contributed by atoms with Gasteiger partial charge in [0.25, 0.3) is 0 Å². The highest BCUT2D eigenvalue weighted by Gasteiger charge is 2.88. The van der Waals surface area contributed by atoms with Crippen LogP contribution in [0.15, 0.2) is 17.1 Å². The molecule has 1 aliphatic carbocycles. The van der Waals surface area contributed by atoms with Crippen molar-refractivity contribution in [1.29, 1.82) is 0 Å². The number of alkyl halides is 2. The third-order valence-corrected chi connectivity index (χ3v) is 3.78. The number of rotatable bonds is 2. The van der Waals surface area contributed by atoms with Crippen LogP contribution in [0.3, 0.4) is 0 Å². The number of aromatic nitrogens is 2. The fourth-order valence-corrected chi connectivity index (χ4v) is 2.56. The summed E-state index contributed by atoms with van der Waals surface area (Å²) >= 11 is 0. The molecular weight excluding hydrogens is 264 g/mol. The van der Waals surface area contributed by atoms with Crippen molar-refractivity contribution in [3.63, 3.8) is 0 Å². The van der Waals surface area contributed by atoms with Crippen molar-refractivity contribution in [3.8, 4) is 0 Å². The molecule has 1 saturated carbocycles. The molecule has 19 heavy (non-hydrogen) atoms. The summed E-state index contributed by atoms with van der Waals surface area (Å²) in [5.41, 5.74) is 0.0448. The number of fused-ring (bicyclic) bond motifs is 1. The molecule has 2 heterocycles. The third kappa shape index (κ3) is 1.24. The van der Waals surface area contributed by atoms with E-state index < -0.39 is 42.1 Å². The van der Waals surface area contributed by atoms with Gasteiger partial charge < -0.3 is 20.7 Å². The Bertz CT molecular complexity index is 592. The van der Waals surface area contributed by atoms with E-state index in [1.54, 1.807) is 0 Å². The largest absolute Gasteiger partial charge is 0.387 e. The summed E-state index contributed by atoms with van der Waals surface area (Å²) in [6.07, 6.45) is -4.23. The number of aliphatic hydroxyl groups is 2. The highest BCUT2D eigenvalue weighted by Crippen LogP contribution is 2.63. The van der Waals surface area contributed by atoms with Gasteiger partial charge in [-0.1, -0.05) is 0 Å². The average Bonchev–Trinajstić information content (AvgIpc) is 2.73. The summed E-state index contributed by atoms with van der Waals surface area (Å²) in [4.78, 5) is 14.9. The lowest BCUT2D eigenvalue weighted by molar-refractivity contribution is -0.0987. The molecule has 0 bridgehead atoms. The Kier molecular flexibility index (Phi) is 2.29. The molecule has 4 N–H and O–H groups in total. The maximum absolute atomic E-state index is 14.1. The van der Waals surface area contributed by atoms with Crippen LogP contribution in [0.2, 0.25) is 0 Å². The van der Waals surface area contributed by atoms with Crippen LogP contribution in [0.4, 0.5) is 14.6 Å². The van der Waals surface area contributed by atoms with Gasteiger partial charge in [-0.25, -0.2) is 13.6 Å². The van der Waals surface area contributed by atoms with Crippen LogP contribution in [0.25, 0.3) is 0 Å². The molecule has 1 aromatic heterocycles. The van der Waals surface area contributed by atoms with Crippen molar-refractivity contribution >= 4 is 5.82 Å². The van der Waals surface area contributed by atoms with E-state index in [0.29, 0.717) is 0 Å². The minimum absolute atomic E-state index is 0.0567. The zero-order valence-electron chi connectivity index (χ0n) is 9.53. The Balaban J connectivity index is 2.00. The molecule has 1 saturated heterocycles. The molecule has 0 radical (unpaired) electrons. The van der Waals surface area contributed by atoms with Gasteiger partial charge in [-0.3, -0.25) is 4.57 Å². The van der Waals surface area contributed by atoms with Crippen molar-refractivity contribution in [3.05, 3.63) is 22.7 Å². The molecule has 0 spiro atoms. The Morgan fingerprint density at radius 3 is 2.84 bits per heavy atom. The topological polar surface area (TPSA) is 111 Å². The Labute approximate surface area is 105 Å². The van der Waals surface area contributed by atoms with Gasteiger partial charge in [-0.2, -0.15) is 4.98 Å². The predicted molar refractivity (Wildman–Crippen MR) is 57.6 cm³/mol. The summed E-state index contributed by atoms with van der Waals surface area (Å²) in [7, 11) is 0. The van der Waals surface area contributed by atoms with Crippen molar-refractivity contribution in [1.82, 2.24) is 9.55 Å². The van der Waals surface area contributed by atoms with Gasteiger partial charge in [0.05, 0.1) is 0 Å². The quantitative estimate of drug-likeness (QED) is 0.606. The Morgan fingerprint density at radius 1 is 1.63 bits per heavy atom. The van der Waals surface area contributed by atoms with Crippen LogP contribution in [-0.2, 0) is 4.74 Å². The first-order chi connectivity index (χ1) is 8.88. The highest BCUT2D eigenvalue weighted by atomic mass is 19.1. The molecule has 104 valence electrons. The van der Waals surface area contributed by atoms with Crippen molar-refractivity contribution in [2.45, 2.75) is 29.7 Å². The Morgan fingerprint density at radius 2 is 2.32 bits per heavy atom. The molecule has 7 nitrogen and oxygen atoms in total. The zero-order chi connectivity index (χ0) is 14.0. The molecule has 9 heteroatoms. The number of nitrogen functional groups attached to an aromatic ring is 1. The first kappa shape index (κ1) is 12.5. The lowest BCUT2D eigenvalue weighted by Gasteiger charge is -2.21. The minimum Gasteiger partial charge on any atom is -0.387 e. The van der Waals surface area contributed by atoms with Crippen LogP contribution >= 0.6 is 0 Å². The second-order valence-corrected chi connectivity index (χ2v) is 4.70. The lowest BCUT2D eigenvalue weighted by atomic mass is 10.1. The van der Waals surface area contributed by atoms with Gasteiger partial charge in [0.15, 0.2) is 23.6 Å². The summed E-state index contributed by atoms with van der Waals surface area (Å²) in [6, 6.07) is 1.24. The molecule has 1 aliphatic heterocycles. The lowest BCUT2D eigenvalue weighted by Crippen LogP contribution is -2.38. The first-order valence-corrected chi connectivity index (χ1v) is 5.51. The second-order valence-electron chi connectivity index (χ2n) is 4.70. The van der Waals surface area contributed by atoms with E-state index in [2.05, 4.69) is 4.98 Å². The van der Waals surface area contributed by atoms with Gasteiger partial charge >= 0.3 is 5.69 Å². The molecule has 0 amide bonds. The number of nitrogens with two attached hydrogens (primary N) is 1. The molecule has 1 aromatic rings. The predicted octanol–water partition coefficient (Wildman–Crippen LogP) is -1.49. The minimum atomic E-state index is -2.34. The number of hydrogen-bond donors (Lipinski definition) is 3. The van der Waals surface area contributed by atoms with E-state index in [-0.39, 0.29) is 5.82 Å². The number of aliphatic hydroxyl groups excluding tert-OH is 1. The third-order valence-electron chi connectivity index (χ3n) is 3.78. The summed E-state index contributed by atoms with van der Waals surface area (Å²) in [6.45, 7) is -1.27. The fraction of sp³-hybridized carbons (Fsp3) is 0.600. The van der Waals surface area contributed by atoms with Gasteiger partial charge in [0.1, 0.15) is 18.6 Å². The smallest absolute Gasteiger partial charge is 0.351 e. The Hall–Kier alpha value is -1.58. The SMILES string of the molecule is Nc1ccn([C@@H]2O[C@]3(CF)C(O)[C@]3(O)[C@H]2F)c(=O)n1. The fourth-order valence-electron chi connectivity index (χ4n) is 2.56. The van der Waals surface area contributed by atoms with Crippen molar-refractivity contribution < 1.29 is 23.7 Å². The molecule has 5 atom stereocenters. The number of hydrogen-bond acceptors (Lipinski definition) is 6. The van der Waals surface area contributed by atoms with Gasteiger partial charge in [0.2, 0.25) is 0 Å². The first-order valence-electron chi connectivity index (χ1n) is 5.51. The summed E-state index contributed by atoms with van der Waals surface area (Å²) in [5, 5.41) is 19.3. The van der Waals surface area contributed by atoms with Crippen LogP contribution in [-0.4, -0.2) is 49.9 Å². The molecule has 3 rings (SSSR count). The van der Waals surface area contributed by atoms with E-state index in [1.165, 1.54) is 6.07 Å². The van der Waals surface area contributed by atoms with Crippen molar-refractivity contribution in [2.75, 3.05) is 12.4 Å². The molecule has 2 aliphatic rings. The number of anilines is 1. The molecule has 2 fully saturated rings. The molecule has 1 unspecified atom stereocenters. The van der Waals surface area contributed by atoms with E-state index in [1.807, 2.05) is 0 Å². The van der Waals surface area contributed by atoms with E-state index >= 15 is 0 Å². The van der Waals surface area contributed by atoms with E-state index in [9.17, 15) is 23.8 Å². The maximum atomic E-state index is 14.1.